The fourth-order valence-corrected chi connectivity index (χ4v) is 5.79. The number of rotatable bonds is 6. The Hall–Kier alpha value is -2.04. The van der Waals surface area contributed by atoms with E-state index in [9.17, 15) is 9.59 Å². The Kier molecular flexibility index (Phi) is 4.41. The lowest BCUT2D eigenvalue weighted by Gasteiger charge is -2.55. The summed E-state index contributed by atoms with van der Waals surface area (Å²) in [6.45, 7) is -0.147. The summed E-state index contributed by atoms with van der Waals surface area (Å²) in [5.74, 6) is 2.60. The lowest BCUT2D eigenvalue weighted by Crippen LogP contribution is -2.51. The largest absolute Gasteiger partial charge is 0.497 e. The topological polar surface area (TPSA) is 61.8 Å². The molecule has 5 nitrogen and oxygen atoms in total. The predicted octanol–water partition coefficient (Wildman–Crippen LogP) is 3.65. The minimum Gasteiger partial charge on any atom is -0.497 e. The number of esters is 1. The van der Waals surface area contributed by atoms with E-state index in [0.29, 0.717) is 29.3 Å². The molecule has 1 aromatic carbocycles. The van der Waals surface area contributed by atoms with E-state index >= 15 is 0 Å². The van der Waals surface area contributed by atoms with Crippen LogP contribution in [0.5, 0.6) is 11.5 Å². The van der Waals surface area contributed by atoms with Gasteiger partial charge < -0.3 is 14.2 Å². The Morgan fingerprint density at radius 3 is 2.15 bits per heavy atom. The molecule has 0 atom stereocenters. The maximum atomic E-state index is 13.0. The van der Waals surface area contributed by atoms with Crippen LogP contribution in [0.1, 0.15) is 48.9 Å². The third-order valence-corrected chi connectivity index (χ3v) is 6.59. The summed E-state index contributed by atoms with van der Waals surface area (Å²) in [5, 5.41) is 0. The molecule has 5 heteroatoms. The molecule has 0 aromatic heterocycles. The van der Waals surface area contributed by atoms with E-state index in [4.69, 9.17) is 14.2 Å². The first-order valence-corrected chi connectivity index (χ1v) is 9.45. The van der Waals surface area contributed by atoms with E-state index < -0.39 is 5.97 Å². The van der Waals surface area contributed by atoms with Crippen LogP contribution in [-0.4, -0.2) is 32.6 Å². The number of carbonyl (C=O) groups is 2. The molecule has 0 radical (unpaired) electrons. The quantitative estimate of drug-likeness (QED) is 0.727. The standard InChI is InChI=1S/C21H26O5/c1-24-16-3-4-18(25-2)17(8-16)20(23)26-12-19(22)21-9-13-5-14(10-21)7-15(6-13)11-21/h3-4,8,13-15H,5-7,9-12H2,1-2H3. The van der Waals surface area contributed by atoms with Crippen LogP contribution in [-0.2, 0) is 9.53 Å². The number of hydrogen-bond donors (Lipinski definition) is 0. The molecule has 0 saturated heterocycles. The van der Waals surface area contributed by atoms with E-state index in [1.165, 1.54) is 33.5 Å². The van der Waals surface area contributed by atoms with Crippen molar-refractivity contribution in [3.63, 3.8) is 0 Å². The fourth-order valence-electron chi connectivity index (χ4n) is 5.79. The minimum atomic E-state index is -0.543. The van der Waals surface area contributed by atoms with Crippen LogP contribution in [0.4, 0.5) is 0 Å². The molecule has 1 aromatic rings. The third kappa shape index (κ3) is 2.97. The van der Waals surface area contributed by atoms with Gasteiger partial charge in [-0.2, -0.15) is 0 Å². The normalized spacial score (nSPS) is 31.5. The Balaban J connectivity index is 1.44. The summed E-state index contributed by atoms with van der Waals surface area (Å²) < 4.78 is 15.8. The summed E-state index contributed by atoms with van der Waals surface area (Å²) in [7, 11) is 3.03. The molecular formula is C21H26O5. The zero-order chi connectivity index (χ0) is 18.3. The molecular weight excluding hydrogens is 332 g/mol. The average Bonchev–Trinajstić information content (AvgIpc) is 2.64. The molecule has 0 aliphatic heterocycles. The molecule has 0 N–H and O–H groups in total. The summed E-state index contributed by atoms with van der Waals surface area (Å²) in [4.78, 5) is 25.5. The van der Waals surface area contributed by atoms with Crippen LogP contribution < -0.4 is 9.47 Å². The van der Waals surface area contributed by atoms with Crippen molar-refractivity contribution in [2.24, 2.45) is 23.2 Å². The number of methoxy groups -OCH3 is 2. The molecule has 0 amide bonds. The molecule has 4 saturated carbocycles. The third-order valence-electron chi connectivity index (χ3n) is 6.59. The van der Waals surface area contributed by atoms with Crippen molar-refractivity contribution in [2.75, 3.05) is 20.8 Å². The van der Waals surface area contributed by atoms with Gasteiger partial charge in [0.25, 0.3) is 0 Å². The molecule has 4 fully saturated rings. The lowest BCUT2D eigenvalue weighted by atomic mass is 9.48. The van der Waals surface area contributed by atoms with Gasteiger partial charge in [0.05, 0.1) is 14.2 Å². The van der Waals surface area contributed by atoms with Crippen molar-refractivity contribution in [3.05, 3.63) is 23.8 Å². The second kappa shape index (κ2) is 6.60. The van der Waals surface area contributed by atoms with Crippen molar-refractivity contribution in [3.8, 4) is 11.5 Å². The van der Waals surface area contributed by atoms with Gasteiger partial charge in [-0.3, -0.25) is 4.79 Å². The van der Waals surface area contributed by atoms with Crippen LogP contribution in [0.25, 0.3) is 0 Å². The Morgan fingerprint density at radius 2 is 1.62 bits per heavy atom. The first kappa shape index (κ1) is 17.4. The molecule has 140 valence electrons. The molecule has 4 aliphatic carbocycles. The smallest absolute Gasteiger partial charge is 0.342 e. The molecule has 4 aliphatic rings. The Labute approximate surface area is 154 Å². The van der Waals surface area contributed by atoms with E-state index in [2.05, 4.69) is 0 Å². The molecule has 5 rings (SSSR count). The van der Waals surface area contributed by atoms with E-state index in [-0.39, 0.29) is 23.4 Å². The van der Waals surface area contributed by atoms with E-state index in [0.717, 1.165) is 19.3 Å². The van der Waals surface area contributed by atoms with Gasteiger partial charge in [-0.15, -0.1) is 0 Å². The van der Waals surface area contributed by atoms with E-state index in [1.54, 1.807) is 18.2 Å². The van der Waals surface area contributed by atoms with Gasteiger partial charge in [0, 0.05) is 5.41 Å². The van der Waals surface area contributed by atoms with Crippen LogP contribution in [0.3, 0.4) is 0 Å². The van der Waals surface area contributed by atoms with Gasteiger partial charge in [0.2, 0.25) is 0 Å². The van der Waals surface area contributed by atoms with Crippen LogP contribution in [0.2, 0.25) is 0 Å². The van der Waals surface area contributed by atoms with Crippen molar-refractivity contribution in [1.82, 2.24) is 0 Å². The van der Waals surface area contributed by atoms with Crippen molar-refractivity contribution in [2.45, 2.75) is 38.5 Å². The lowest BCUT2D eigenvalue weighted by molar-refractivity contribution is -0.147. The van der Waals surface area contributed by atoms with Crippen LogP contribution in [0, 0.1) is 23.2 Å². The number of Topliss-reactive ketones (excluding diaryl/α,β-unsaturated/α-hetero) is 1. The highest BCUT2D eigenvalue weighted by molar-refractivity contribution is 5.95. The van der Waals surface area contributed by atoms with Gasteiger partial charge in [-0.25, -0.2) is 4.79 Å². The first-order chi connectivity index (χ1) is 12.5. The molecule has 4 bridgehead atoms. The molecule has 0 spiro atoms. The highest BCUT2D eigenvalue weighted by atomic mass is 16.5. The van der Waals surface area contributed by atoms with Gasteiger partial charge in [-0.1, -0.05) is 0 Å². The number of carbonyl (C=O) groups excluding carboxylic acids is 2. The summed E-state index contributed by atoms with van der Waals surface area (Å²) in [6.07, 6.45) is 6.81. The molecule has 0 unspecified atom stereocenters. The van der Waals surface area contributed by atoms with Crippen molar-refractivity contribution < 1.29 is 23.8 Å². The SMILES string of the molecule is COc1ccc(OC)c(C(=O)OCC(=O)C23CC4CC(CC(C4)C2)C3)c1. The van der Waals surface area contributed by atoms with Crippen molar-refractivity contribution >= 4 is 11.8 Å². The molecule has 0 heterocycles. The molecule has 26 heavy (non-hydrogen) atoms. The van der Waals surface area contributed by atoms with Crippen molar-refractivity contribution in [1.29, 1.82) is 0 Å². The maximum Gasteiger partial charge on any atom is 0.342 e. The number of hydrogen-bond acceptors (Lipinski definition) is 5. The summed E-state index contributed by atoms with van der Waals surface area (Å²) >= 11 is 0. The first-order valence-electron chi connectivity index (χ1n) is 9.45. The van der Waals surface area contributed by atoms with Gasteiger partial charge in [0.1, 0.15) is 17.1 Å². The summed E-state index contributed by atoms with van der Waals surface area (Å²) in [6, 6.07) is 4.96. The van der Waals surface area contributed by atoms with Crippen LogP contribution >= 0.6 is 0 Å². The second-order valence-electron chi connectivity index (χ2n) is 8.26. The zero-order valence-electron chi connectivity index (χ0n) is 15.5. The van der Waals surface area contributed by atoms with Gasteiger partial charge in [0.15, 0.2) is 12.4 Å². The highest BCUT2D eigenvalue weighted by Gasteiger charge is 2.54. The van der Waals surface area contributed by atoms with Crippen LogP contribution in [0.15, 0.2) is 18.2 Å². The Morgan fingerprint density at radius 1 is 1.00 bits per heavy atom. The fraction of sp³-hybridized carbons (Fsp3) is 0.619. The predicted molar refractivity (Wildman–Crippen MR) is 95.4 cm³/mol. The van der Waals surface area contributed by atoms with Gasteiger partial charge in [-0.05, 0) is 74.5 Å². The maximum absolute atomic E-state index is 13.0. The number of ether oxygens (including phenoxy) is 3. The highest BCUT2D eigenvalue weighted by Crippen LogP contribution is 2.60. The van der Waals surface area contributed by atoms with Gasteiger partial charge >= 0.3 is 5.97 Å². The zero-order valence-corrected chi connectivity index (χ0v) is 15.5. The minimum absolute atomic E-state index is 0.104. The Bertz CT molecular complexity index is 688. The monoisotopic (exact) mass is 358 g/mol. The summed E-state index contributed by atoms with van der Waals surface area (Å²) in [5.41, 5.74) is 0.0400. The second-order valence-corrected chi connectivity index (χ2v) is 8.26. The number of ketones is 1. The number of benzene rings is 1. The van der Waals surface area contributed by atoms with E-state index in [1.807, 2.05) is 0 Å². The average molecular weight is 358 g/mol.